The lowest BCUT2D eigenvalue weighted by molar-refractivity contribution is -0.129. The summed E-state index contributed by atoms with van der Waals surface area (Å²) in [6.45, 7) is 2.36. The average Bonchev–Trinajstić information content (AvgIpc) is 2.80. The maximum Gasteiger partial charge on any atom is 0.220 e. The van der Waals surface area contributed by atoms with E-state index in [1.165, 1.54) is 38.5 Å². The summed E-state index contributed by atoms with van der Waals surface area (Å²) in [5.41, 5.74) is 1.18. The summed E-state index contributed by atoms with van der Waals surface area (Å²) in [7, 11) is 0. The molecule has 21 heavy (non-hydrogen) atoms. The fourth-order valence-electron chi connectivity index (χ4n) is 5.59. The van der Waals surface area contributed by atoms with Crippen molar-refractivity contribution < 1.29 is 9.32 Å². The lowest BCUT2D eigenvalue weighted by atomic mass is 9.49. The molecule has 0 spiro atoms. The Morgan fingerprint density at radius 1 is 1.29 bits per heavy atom. The molecule has 0 atom stereocenters. The van der Waals surface area contributed by atoms with Gasteiger partial charge in [0.05, 0.1) is 12.2 Å². The number of nitrogens with zero attached hydrogens (tertiary/aromatic N) is 1. The van der Waals surface area contributed by atoms with E-state index < -0.39 is 0 Å². The van der Waals surface area contributed by atoms with Crippen molar-refractivity contribution in [3.05, 3.63) is 17.5 Å². The highest BCUT2D eigenvalue weighted by Gasteiger charge is 2.51. The number of hydrogen-bond acceptors (Lipinski definition) is 3. The van der Waals surface area contributed by atoms with Crippen LogP contribution in [0, 0.1) is 30.1 Å². The first-order chi connectivity index (χ1) is 10.1. The van der Waals surface area contributed by atoms with Crippen LogP contribution >= 0.6 is 0 Å². The second-order valence-corrected chi connectivity index (χ2v) is 7.81. The minimum Gasteiger partial charge on any atom is -0.359 e. The van der Waals surface area contributed by atoms with Gasteiger partial charge in [-0.25, -0.2) is 0 Å². The van der Waals surface area contributed by atoms with Crippen molar-refractivity contribution in [2.75, 3.05) is 0 Å². The standard InChI is InChI=1S/C17H24N2O2/c1-11-2-15(21-19-11)10-18-16(20)9-17-6-12-3-13(7-17)5-14(4-12)8-17/h2,12-14H,3-10H2,1H3,(H,18,20). The van der Waals surface area contributed by atoms with Crippen LogP contribution in [0.1, 0.15) is 56.4 Å². The van der Waals surface area contributed by atoms with Gasteiger partial charge >= 0.3 is 0 Å². The van der Waals surface area contributed by atoms with Crippen molar-refractivity contribution in [1.29, 1.82) is 0 Å². The van der Waals surface area contributed by atoms with Crippen LogP contribution in [0.15, 0.2) is 10.6 Å². The van der Waals surface area contributed by atoms with E-state index >= 15 is 0 Å². The molecule has 1 amide bonds. The van der Waals surface area contributed by atoms with Crippen LogP contribution in [0.2, 0.25) is 0 Å². The molecular formula is C17H24N2O2. The van der Waals surface area contributed by atoms with E-state index in [-0.39, 0.29) is 5.91 Å². The summed E-state index contributed by atoms with van der Waals surface area (Å²) in [4.78, 5) is 12.3. The lowest BCUT2D eigenvalue weighted by Gasteiger charge is -2.56. The molecule has 5 rings (SSSR count). The number of amides is 1. The molecule has 4 bridgehead atoms. The van der Waals surface area contributed by atoms with Gasteiger partial charge in [-0.3, -0.25) is 4.79 Å². The topological polar surface area (TPSA) is 55.1 Å². The Bertz CT molecular complexity index is 513. The van der Waals surface area contributed by atoms with Gasteiger partial charge in [-0.05, 0) is 68.6 Å². The largest absolute Gasteiger partial charge is 0.359 e. The third-order valence-electron chi connectivity index (χ3n) is 5.84. The zero-order chi connectivity index (χ0) is 14.4. The molecule has 0 saturated heterocycles. The molecule has 0 radical (unpaired) electrons. The van der Waals surface area contributed by atoms with E-state index in [4.69, 9.17) is 4.52 Å². The zero-order valence-corrected chi connectivity index (χ0v) is 12.7. The molecule has 4 aliphatic rings. The second-order valence-electron chi connectivity index (χ2n) is 7.81. The van der Waals surface area contributed by atoms with Crippen LogP contribution in [-0.2, 0) is 11.3 Å². The molecule has 114 valence electrons. The molecule has 0 aliphatic heterocycles. The first-order valence-electron chi connectivity index (χ1n) is 8.29. The Balaban J connectivity index is 1.36. The van der Waals surface area contributed by atoms with Crippen LogP contribution in [0.25, 0.3) is 0 Å². The highest BCUT2D eigenvalue weighted by molar-refractivity contribution is 5.76. The highest BCUT2D eigenvalue weighted by atomic mass is 16.5. The first kappa shape index (κ1) is 13.4. The Kier molecular flexibility index (Phi) is 3.09. The van der Waals surface area contributed by atoms with Gasteiger partial charge in [-0.2, -0.15) is 0 Å². The zero-order valence-electron chi connectivity index (χ0n) is 12.7. The summed E-state index contributed by atoms with van der Waals surface area (Å²) in [5.74, 6) is 3.64. The Morgan fingerprint density at radius 2 is 1.90 bits per heavy atom. The fraction of sp³-hybridized carbons (Fsp3) is 0.765. The number of carbonyl (C=O) groups is 1. The van der Waals surface area contributed by atoms with Gasteiger partial charge in [0.25, 0.3) is 0 Å². The van der Waals surface area contributed by atoms with Gasteiger partial charge in [0.15, 0.2) is 5.76 Å². The Labute approximate surface area is 125 Å². The van der Waals surface area contributed by atoms with Crippen LogP contribution in [0.4, 0.5) is 0 Å². The third-order valence-corrected chi connectivity index (χ3v) is 5.84. The van der Waals surface area contributed by atoms with Crippen molar-refractivity contribution in [3.8, 4) is 0 Å². The first-order valence-corrected chi connectivity index (χ1v) is 8.29. The van der Waals surface area contributed by atoms with E-state index in [1.807, 2.05) is 13.0 Å². The number of rotatable bonds is 4. The van der Waals surface area contributed by atoms with E-state index in [0.717, 1.165) is 29.2 Å². The van der Waals surface area contributed by atoms with Crippen molar-refractivity contribution in [2.24, 2.45) is 23.2 Å². The third kappa shape index (κ3) is 2.60. The monoisotopic (exact) mass is 288 g/mol. The normalized spacial score (nSPS) is 36.9. The smallest absolute Gasteiger partial charge is 0.220 e. The maximum atomic E-state index is 12.3. The number of carbonyl (C=O) groups excluding carboxylic acids is 1. The Morgan fingerprint density at radius 3 is 2.43 bits per heavy atom. The molecule has 1 N–H and O–H groups in total. The SMILES string of the molecule is Cc1cc(CNC(=O)CC23CC4CC(CC(C4)C2)C3)on1. The molecule has 1 heterocycles. The van der Waals surface area contributed by atoms with E-state index in [2.05, 4.69) is 10.5 Å². The molecule has 4 nitrogen and oxygen atoms in total. The van der Waals surface area contributed by atoms with Crippen molar-refractivity contribution in [2.45, 2.75) is 58.4 Å². The van der Waals surface area contributed by atoms with Crippen LogP contribution in [-0.4, -0.2) is 11.1 Å². The van der Waals surface area contributed by atoms with Crippen molar-refractivity contribution >= 4 is 5.91 Å². The second kappa shape index (κ2) is 4.85. The molecule has 1 aromatic rings. The van der Waals surface area contributed by atoms with Crippen molar-refractivity contribution in [1.82, 2.24) is 10.5 Å². The molecule has 1 aromatic heterocycles. The molecule has 0 aromatic carbocycles. The number of aromatic nitrogens is 1. The number of hydrogen-bond donors (Lipinski definition) is 1. The average molecular weight is 288 g/mol. The fourth-order valence-corrected chi connectivity index (χ4v) is 5.59. The predicted octanol–water partition coefficient (Wildman–Crippen LogP) is 3.21. The number of nitrogens with one attached hydrogen (secondary N) is 1. The summed E-state index contributed by atoms with van der Waals surface area (Å²) in [6.07, 6.45) is 8.85. The minimum atomic E-state index is 0.186. The summed E-state index contributed by atoms with van der Waals surface area (Å²) < 4.78 is 5.14. The molecule has 4 aliphatic carbocycles. The molecule has 4 saturated carbocycles. The Hall–Kier alpha value is -1.32. The lowest BCUT2D eigenvalue weighted by Crippen LogP contribution is -2.47. The van der Waals surface area contributed by atoms with Crippen LogP contribution in [0.3, 0.4) is 0 Å². The van der Waals surface area contributed by atoms with Crippen LogP contribution in [0.5, 0.6) is 0 Å². The summed E-state index contributed by atoms with van der Waals surface area (Å²) >= 11 is 0. The van der Waals surface area contributed by atoms with Gasteiger partial charge in [0.1, 0.15) is 0 Å². The quantitative estimate of drug-likeness (QED) is 0.925. The summed E-state index contributed by atoms with van der Waals surface area (Å²) in [6, 6.07) is 1.88. The van der Waals surface area contributed by atoms with Gasteiger partial charge in [0.2, 0.25) is 5.91 Å². The van der Waals surface area contributed by atoms with Gasteiger partial charge in [0, 0.05) is 12.5 Å². The van der Waals surface area contributed by atoms with Crippen molar-refractivity contribution in [3.63, 3.8) is 0 Å². The molecule has 0 unspecified atom stereocenters. The molecule has 4 heteroatoms. The highest BCUT2D eigenvalue weighted by Crippen LogP contribution is 2.61. The molecular weight excluding hydrogens is 264 g/mol. The predicted molar refractivity (Wildman–Crippen MR) is 78.3 cm³/mol. The van der Waals surface area contributed by atoms with E-state index in [1.54, 1.807) is 0 Å². The van der Waals surface area contributed by atoms with Crippen LogP contribution < -0.4 is 5.32 Å². The van der Waals surface area contributed by atoms with E-state index in [0.29, 0.717) is 18.4 Å². The minimum absolute atomic E-state index is 0.186. The van der Waals surface area contributed by atoms with Gasteiger partial charge in [-0.1, -0.05) is 5.16 Å². The number of aryl methyl sites for hydroxylation is 1. The van der Waals surface area contributed by atoms with Gasteiger partial charge in [-0.15, -0.1) is 0 Å². The van der Waals surface area contributed by atoms with Gasteiger partial charge < -0.3 is 9.84 Å². The maximum absolute atomic E-state index is 12.3. The van der Waals surface area contributed by atoms with E-state index in [9.17, 15) is 4.79 Å². The molecule has 4 fully saturated rings. The summed E-state index contributed by atoms with van der Waals surface area (Å²) in [5, 5.41) is 6.86.